The van der Waals surface area contributed by atoms with Gasteiger partial charge >= 0.3 is 0 Å². The van der Waals surface area contributed by atoms with Gasteiger partial charge in [0, 0.05) is 24.3 Å². The van der Waals surface area contributed by atoms with Crippen LogP contribution in [0.25, 0.3) is 6.08 Å². The van der Waals surface area contributed by atoms with Crippen molar-refractivity contribution < 1.29 is 9.72 Å². The molecule has 1 amide bonds. The summed E-state index contributed by atoms with van der Waals surface area (Å²) in [6.07, 6.45) is 3.06. The lowest BCUT2D eigenvalue weighted by Crippen LogP contribution is -2.34. The number of carbonyl (C=O) groups excluding carboxylic acids is 1. The van der Waals surface area contributed by atoms with Crippen LogP contribution in [0.15, 0.2) is 30.3 Å². The number of nitrogens with one attached hydrogen (secondary N) is 1. The van der Waals surface area contributed by atoms with Crippen molar-refractivity contribution in [2.75, 3.05) is 0 Å². The highest BCUT2D eigenvalue weighted by molar-refractivity contribution is 5.91. The van der Waals surface area contributed by atoms with Crippen LogP contribution >= 0.6 is 0 Å². The second kappa shape index (κ2) is 6.68. The molecule has 5 nitrogen and oxygen atoms in total. The van der Waals surface area contributed by atoms with E-state index in [4.69, 9.17) is 0 Å². The lowest BCUT2D eigenvalue weighted by Gasteiger charge is -2.15. The van der Waals surface area contributed by atoms with Gasteiger partial charge in [0.05, 0.1) is 4.92 Å². The van der Waals surface area contributed by atoms with Crippen molar-refractivity contribution in [3.05, 3.63) is 46.0 Å². The van der Waals surface area contributed by atoms with E-state index in [0.717, 1.165) is 5.56 Å². The van der Waals surface area contributed by atoms with Crippen LogP contribution in [-0.2, 0) is 4.79 Å². The highest BCUT2D eigenvalue weighted by Crippen LogP contribution is 2.12. The minimum Gasteiger partial charge on any atom is -0.350 e. The Kier molecular flexibility index (Phi) is 5.23. The smallest absolute Gasteiger partial charge is 0.269 e. The summed E-state index contributed by atoms with van der Waals surface area (Å²) in [5.74, 6) is 0.205. The maximum Gasteiger partial charge on any atom is 0.269 e. The summed E-state index contributed by atoms with van der Waals surface area (Å²) in [5, 5.41) is 13.3. The van der Waals surface area contributed by atoms with Gasteiger partial charge in [0.2, 0.25) is 5.91 Å². The number of rotatable bonds is 5. The van der Waals surface area contributed by atoms with Gasteiger partial charge in [0.1, 0.15) is 0 Å². The number of amides is 1. The van der Waals surface area contributed by atoms with E-state index in [9.17, 15) is 14.9 Å². The third kappa shape index (κ3) is 4.91. The van der Waals surface area contributed by atoms with E-state index >= 15 is 0 Å². The second-order valence-corrected chi connectivity index (χ2v) is 4.72. The van der Waals surface area contributed by atoms with Gasteiger partial charge in [-0.25, -0.2) is 0 Å². The number of nitro benzene ring substituents is 1. The molecule has 1 aromatic rings. The first kappa shape index (κ1) is 14.9. The number of benzene rings is 1. The lowest BCUT2D eigenvalue weighted by molar-refractivity contribution is -0.384. The average Bonchev–Trinajstić information content (AvgIpc) is 2.36. The third-order valence-electron chi connectivity index (χ3n) is 2.90. The highest BCUT2D eigenvalue weighted by atomic mass is 16.6. The summed E-state index contributed by atoms with van der Waals surface area (Å²) < 4.78 is 0. The number of nitro groups is 1. The van der Waals surface area contributed by atoms with Gasteiger partial charge in [-0.2, -0.15) is 0 Å². The van der Waals surface area contributed by atoms with E-state index < -0.39 is 4.92 Å². The van der Waals surface area contributed by atoms with Gasteiger partial charge in [0.15, 0.2) is 0 Å². The number of carbonyl (C=O) groups is 1. The molecule has 0 aliphatic carbocycles. The summed E-state index contributed by atoms with van der Waals surface area (Å²) >= 11 is 0. The minimum absolute atomic E-state index is 0.0371. The van der Waals surface area contributed by atoms with Crippen molar-refractivity contribution in [1.82, 2.24) is 5.32 Å². The highest BCUT2D eigenvalue weighted by Gasteiger charge is 2.08. The van der Waals surface area contributed by atoms with Crippen LogP contribution in [0.5, 0.6) is 0 Å². The molecule has 1 atom stereocenters. The number of hydrogen-bond acceptors (Lipinski definition) is 3. The topological polar surface area (TPSA) is 72.2 Å². The summed E-state index contributed by atoms with van der Waals surface area (Å²) in [6, 6.07) is 6.14. The first-order valence-corrected chi connectivity index (χ1v) is 6.13. The molecule has 0 radical (unpaired) electrons. The molecular formula is C14H18N2O3. The summed E-state index contributed by atoms with van der Waals surface area (Å²) in [5.41, 5.74) is 0.785. The minimum atomic E-state index is -0.454. The predicted molar refractivity (Wildman–Crippen MR) is 74.6 cm³/mol. The monoisotopic (exact) mass is 262 g/mol. The fourth-order valence-electron chi connectivity index (χ4n) is 1.32. The quantitative estimate of drug-likeness (QED) is 0.504. The zero-order valence-electron chi connectivity index (χ0n) is 11.3. The molecule has 1 aromatic carbocycles. The van der Waals surface area contributed by atoms with Crippen molar-refractivity contribution >= 4 is 17.7 Å². The van der Waals surface area contributed by atoms with Gasteiger partial charge in [-0.1, -0.05) is 13.8 Å². The molecule has 19 heavy (non-hydrogen) atoms. The molecule has 0 saturated carbocycles. The van der Waals surface area contributed by atoms with Gasteiger partial charge in [0.25, 0.3) is 5.69 Å². The summed E-state index contributed by atoms with van der Waals surface area (Å²) in [6.45, 7) is 6.01. The van der Waals surface area contributed by atoms with Crippen molar-refractivity contribution in [3.63, 3.8) is 0 Å². The molecule has 0 spiro atoms. The Balaban J connectivity index is 2.61. The van der Waals surface area contributed by atoms with E-state index in [1.165, 1.54) is 18.2 Å². The molecule has 0 heterocycles. The van der Waals surface area contributed by atoms with Crippen LogP contribution in [0.4, 0.5) is 5.69 Å². The summed E-state index contributed by atoms with van der Waals surface area (Å²) in [7, 11) is 0. The Bertz CT molecular complexity index is 478. The fourth-order valence-corrected chi connectivity index (χ4v) is 1.32. The first-order valence-electron chi connectivity index (χ1n) is 6.13. The summed E-state index contributed by atoms with van der Waals surface area (Å²) in [4.78, 5) is 21.6. The fraction of sp³-hybridized carbons (Fsp3) is 0.357. The second-order valence-electron chi connectivity index (χ2n) is 4.72. The van der Waals surface area contributed by atoms with Gasteiger partial charge in [-0.05, 0) is 36.6 Å². The molecule has 1 N–H and O–H groups in total. The first-order chi connectivity index (χ1) is 8.90. The SMILES string of the molecule is CC(C)[C@H](C)NC(=O)/C=C/c1ccc([N+](=O)[O-])cc1. The van der Waals surface area contributed by atoms with E-state index in [-0.39, 0.29) is 17.6 Å². The van der Waals surface area contributed by atoms with E-state index in [1.807, 2.05) is 20.8 Å². The Labute approximate surface area is 112 Å². The van der Waals surface area contributed by atoms with E-state index in [2.05, 4.69) is 5.32 Å². The van der Waals surface area contributed by atoms with Crippen LogP contribution in [0, 0.1) is 16.0 Å². The van der Waals surface area contributed by atoms with Crippen LogP contribution in [0.3, 0.4) is 0 Å². The average molecular weight is 262 g/mol. The molecule has 5 heteroatoms. The Morgan fingerprint density at radius 1 is 1.26 bits per heavy atom. The molecule has 0 aliphatic rings. The van der Waals surface area contributed by atoms with Crippen LogP contribution in [0.1, 0.15) is 26.3 Å². The molecule has 0 bridgehead atoms. The standard InChI is InChI=1S/C14H18N2O3/c1-10(2)11(3)15-14(17)9-6-12-4-7-13(8-5-12)16(18)19/h4-11H,1-3H3,(H,15,17)/b9-6+/t11-/m0/s1. The van der Waals surface area contributed by atoms with Crippen molar-refractivity contribution in [3.8, 4) is 0 Å². The number of hydrogen-bond donors (Lipinski definition) is 1. The lowest BCUT2D eigenvalue weighted by atomic mass is 10.1. The Morgan fingerprint density at radius 3 is 2.32 bits per heavy atom. The molecule has 0 fully saturated rings. The molecule has 0 unspecified atom stereocenters. The van der Waals surface area contributed by atoms with Crippen LogP contribution < -0.4 is 5.32 Å². The molecule has 0 aromatic heterocycles. The van der Waals surface area contributed by atoms with E-state index in [1.54, 1.807) is 18.2 Å². The van der Waals surface area contributed by atoms with Crippen molar-refractivity contribution in [2.24, 2.45) is 5.92 Å². The van der Waals surface area contributed by atoms with Crippen molar-refractivity contribution in [2.45, 2.75) is 26.8 Å². The Morgan fingerprint density at radius 2 is 1.84 bits per heavy atom. The predicted octanol–water partition coefficient (Wildman–Crippen LogP) is 2.77. The molecular weight excluding hydrogens is 244 g/mol. The van der Waals surface area contributed by atoms with Gasteiger partial charge in [-0.15, -0.1) is 0 Å². The number of non-ortho nitro benzene ring substituents is 1. The largest absolute Gasteiger partial charge is 0.350 e. The zero-order chi connectivity index (χ0) is 14.4. The van der Waals surface area contributed by atoms with Gasteiger partial charge in [-0.3, -0.25) is 14.9 Å². The molecule has 0 aliphatic heterocycles. The van der Waals surface area contributed by atoms with Gasteiger partial charge < -0.3 is 5.32 Å². The molecule has 0 saturated heterocycles. The maximum absolute atomic E-state index is 11.6. The number of nitrogens with zero attached hydrogens (tertiary/aromatic N) is 1. The van der Waals surface area contributed by atoms with Crippen LogP contribution in [0.2, 0.25) is 0 Å². The van der Waals surface area contributed by atoms with E-state index in [0.29, 0.717) is 5.92 Å². The molecule has 1 rings (SSSR count). The normalized spacial score (nSPS) is 12.6. The van der Waals surface area contributed by atoms with Crippen molar-refractivity contribution in [1.29, 1.82) is 0 Å². The molecule has 102 valence electrons. The zero-order valence-corrected chi connectivity index (χ0v) is 11.3. The Hall–Kier alpha value is -2.17. The third-order valence-corrected chi connectivity index (χ3v) is 2.90. The van der Waals surface area contributed by atoms with Crippen LogP contribution in [-0.4, -0.2) is 16.9 Å². The maximum atomic E-state index is 11.6.